The van der Waals surface area contributed by atoms with Gasteiger partial charge >= 0.3 is 6.36 Å². The van der Waals surface area contributed by atoms with E-state index in [1.807, 2.05) is 0 Å². The Hall–Kier alpha value is -2.09. The number of hydroxylamine groups is 2. The lowest BCUT2D eigenvalue weighted by molar-refractivity contribution is -0.396. The molecule has 0 fully saturated rings. The van der Waals surface area contributed by atoms with Gasteiger partial charge in [-0.05, 0) is 12.1 Å². The highest BCUT2D eigenvalue weighted by atomic mass is 19.4. The second-order valence-corrected chi connectivity index (χ2v) is 3.47. The Balaban J connectivity index is 2.35. The van der Waals surface area contributed by atoms with E-state index in [0.717, 1.165) is 0 Å². The second-order valence-electron chi connectivity index (χ2n) is 3.47. The van der Waals surface area contributed by atoms with Crippen molar-refractivity contribution in [2.75, 3.05) is 11.9 Å². The standard InChI is InChI=1S/C10H7F3N2O3/c11-10(12,13)18-15-5-8(16)14-7-4-2-1-3-6(7)9(15)17/h1-4H,5H2,(H,14,16). The van der Waals surface area contributed by atoms with E-state index in [2.05, 4.69) is 10.2 Å². The van der Waals surface area contributed by atoms with Crippen molar-refractivity contribution in [2.45, 2.75) is 6.36 Å². The molecule has 1 aliphatic heterocycles. The van der Waals surface area contributed by atoms with Crippen LogP contribution in [0.2, 0.25) is 0 Å². The van der Waals surface area contributed by atoms with Crippen molar-refractivity contribution in [3.8, 4) is 0 Å². The Morgan fingerprint density at radius 1 is 1.22 bits per heavy atom. The number of hydrogen-bond acceptors (Lipinski definition) is 3. The first kappa shape index (κ1) is 12.4. The molecule has 0 bridgehead atoms. The van der Waals surface area contributed by atoms with Crippen molar-refractivity contribution in [2.24, 2.45) is 0 Å². The largest absolute Gasteiger partial charge is 0.544 e. The zero-order valence-corrected chi connectivity index (χ0v) is 8.82. The predicted molar refractivity (Wildman–Crippen MR) is 53.2 cm³/mol. The van der Waals surface area contributed by atoms with Crippen LogP contribution in [0.15, 0.2) is 24.3 Å². The van der Waals surface area contributed by atoms with Crippen LogP contribution in [0.5, 0.6) is 0 Å². The average molecular weight is 260 g/mol. The highest BCUT2D eigenvalue weighted by molar-refractivity contribution is 6.07. The number of benzene rings is 1. The van der Waals surface area contributed by atoms with Crippen LogP contribution in [0.25, 0.3) is 0 Å². The van der Waals surface area contributed by atoms with Crippen LogP contribution in [0.4, 0.5) is 18.9 Å². The van der Waals surface area contributed by atoms with Crippen LogP contribution in [-0.2, 0) is 9.63 Å². The molecule has 1 aromatic carbocycles. The fraction of sp³-hybridized carbons (Fsp3) is 0.200. The first-order chi connectivity index (χ1) is 8.37. The van der Waals surface area contributed by atoms with Crippen molar-refractivity contribution in [3.63, 3.8) is 0 Å². The van der Waals surface area contributed by atoms with Gasteiger partial charge in [0.15, 0.2) is 0 Å². The summed E-state index contributed by atoms with van der Waals surface area (Å²) in [4.78, 5) is 26.6. The lowest BCUT2D eigenvalue weighted by Gasteiger charge is -2.19. The minimum atomic E-state index is -5.03. The van der Waals surface area contributed by atoms with Crippen LogP contribution in [0, 0.1) is 0 Å². The van der Waals surface area contributed by atoms with E-state index >= 15 is 0 Å². The van der Waals surface area contributed by atoms with Gasteiger partial charge < -0.3 is 5.32 Å². The van der Waals surface area contributed by atoms with Gasteiger partial charge in [-0.25, -0.2) is 0 Å². The molecular formula is C10H7F3N2O3. The number of carbonyl (C=O) groups is 2. The Morgan fingerprint density at radius 2 is 1.89 bits per heavy atom. The molecule has 1 N–H and O–H groups in total. The van der Waals surface area contributed by atoms with Gasteiger partial charge in [0.1, 0.15) is 6.54 Å². The van der Waals surface area contributed by atoms with Crippen LogP contribution in [-0.4, -0.2) is 29.8 Å². The molecule has 0 saturated heterocycles. The van der Waals surface area contributed by atoms with Gasteiger partial charge in [0.25, 0.3) is 5.91 Å². The van der Waals surface area contributed by atoms with Gasteiger partial charge in [-0.15, -0.1) is 13.2 Å². The maximum absolute atomic E-state index is 12.1. The highest BCUT2D eigenvalue weighted by Crippen LogP contribution is 2.24. The van der Waals surface area contributed by atoms with Gasteiger partial charge in [-0.1, -0.05) is 12.1 Å². The lowest BCUT2D eigenvalue weighted by atomic mass is 10.1. The van der Waals surface area contributed by atoms with E-state index in [-0.39, 0.29) is 16.3 Å². The minimum absolute atomic E-state index is 0.0127. The molecule has 5 nitrogen and oxygen atoms in total. The van der Waals surface area contributed by atoms with Crippen LogP contribution >= 0.6 is 0 Å². The van der Waals surface area contributed by atoms with E-state index in [1.165, 1.54) is 18.2 Å². The molecule has 0 aromatic heterocycles. The molecule has 96 valence electrons. The van der Waals surface area contributed by atoms with Gasteiger partial charge in [0.05, 0.1) is 11.3 Å². The van der Waals surface area contributed by atoms with Crippen molar-refractivity contribution in [3.05, 3.63) is 29.8 Å². The summed E-state index contributed by atoms with van der Waals surface area (Å²) >= 11 is 0. The highest BCUT2D eigenvalue weighted by Gasteiger charge is 2.38. The number of hydrogen-bond donors (Lipinski definition) is 1. The molecule has 1 aromatic rings. The zero-order valence-electron chi connectivity index (χ0n) is 8.82. The smallest absolute Gasteiger partial charge is 0.324 e. The maximum Gasteiger partial charge on any atom is 0.544 e. The number of halogens is 3. The van der Waals surface area contributed by atoms with Gasteiger partial charge in [-0.3, -0.25) is 9.59 Å². The molecule has 2 rings (SSSR count). The van der Waals surface area contributed by atoms with Crippen molar-refractivity contribution >= 4 is 17.5 Å². The number of anilines is 1. The van der Waals surface area contributed by atoms with E-state index in [4.69, 9.17) is 0 Å². The summed E-state index contributed by atoms with van der Waals surface area (Å²) in [5.41, 5.74) is 0.0911. The fourth-order valence-electron chi connectivity index (χ4n) is 1.50. The number of nitrogens with one attached hydrogen (secondary N) is 1. The number of rotatable bonds is 1. The molecule has 0 saturated carbocycles. The molecule has 0 atom stereocenters. The summed E-state index contributed by atoms with van der Waals surface area (Å²) in [6, 6.07) is 5.74. The molecule has 18 heavy (non-hydrogen) atoms. The molecule has 8 heteroatoms. The SMILES string of the molecule is O=C1CN(OC(F)(F)F)C(=O)c2ccccc2N1. The topological polar surface area (TPSA) is 58.6 Å². The molecule has 0 aliphatic carbocycles. The zero-order chi connectivity index (χ0) is 13.3. The maximum atomic E-state index is 12.1. The third kappa shape index (κ3) is 2.59. The normalized spacial score (nSPS) is 16.1. The third-order valence-corrected chi connectivity index (χ3v) is 2.16. The number of carbonyl (C=O) groups excluding carboxylic acids is 2. The number of amides is 2. The van der Waals surface area contributed by atoms with Crippen LogP contribution in [0.1, 0.15) is 10.4 Å². The second kappa shape index (κ2) is 4.30. The van der Waals surface area contributed by atoms with E-state index in [1.54, 1.807) is 6.07 Å². The number of nitrogens with zero attached hydrogens (tertiary/aromatic N) is 1. The molecule has 2 amide bonds. The van der Waals surface area contributed by atoms with Gasteiger partial charge in [0, 0.05) is 0 Å². The van der Waals surface area contributed by atoms with Gasteiger partial charge in [0.2, 0.25) is 5.91 Å². The van der Waals surface area contributed by atoms with E-state index in [9.17, 15) is 22.8 Å². The molecule has 1 aliphatic rings. The van der Waals surface area contributed by atoms with Crippen molar-refractivity contribution < 1.29 is 27.6 Å². The summed E-state index contributed by atoms with van der Waals surface area (Å²) in [7, 11) is 0. The average Bonchev–Trinajstić information content (AvgIpc) is 2.36. The Labute approximate surface area is 99.1 Å². The molecule has 1 heterocycles. The Bertz CT molecular complexity index is 501. The molecular weight excluding hydrogens is 253 g/mol. The first-order valence-electron chi connectivity index (χ1n) is 4.83. The number of alkyl halides is 3. The quantitative estimate of drug-likeness (QED) is 0.833. The van der Waals surface area contributed by atoms with E-state index < -0.39 is 24.7 Å². The predicted octanol–water partition coefficient (Wildman–Crippen LogP) is 1.53. The summed E-state index contributed by atoms with van der Waals surface area (Å²) in [6.45, 7) is -0.826. The molecule has 0 spiro atoms. The van der Waals surface area contributed by atoms with Crippen LogP contribution < -0.4 is 5.32 Å². The van der Waals surface area contributed by atoms with E-state index in [0.29, 0.717) is 0 Å². The van der Waals surface area contributed by atoms with Gasteiger partial charge in [-0.2, -0.15) is 9.90 Å². The summed E-state index contributed by atoms with van der Waals surface area (Å²) in [5.74, 6) is -1.79. The lowest BCUT2D eigenvalue weighted by Crippen LogP contribution is -2.39. The molecule has 0 radical (unpaired) electrons. The monoisotopic (exact) mass is 260 g/mol. The third-order valence-electron chi connectivity index (χ3n) is 2.16. The summed E-state index contributed by atoms with van der Waals surface area (Å²) in [5, 5.41) is 2.31. The fourth-order valence-corrected chi connectivity index (χ4v) is 1.50. The Kier molecular flexibility index (Phi) is 2.95. The minimum Gasteiger partial charge on any atom is -0.324 e. The number of para-hydroxylation sites is 1. The van der Waals surface area contributed by atoms with Crippen LogP contribution in [0.3, 0.4) is 0 Å². The molecule has 0 unspecified atom stereocenters. The summed E-state index contributed by atoms with van der Waals surface area (Å²) < 4.78 is 36.3. The van der Waals surface area contributed by atoms with Crippen molar-refractivity contribution in [1.29, 1.82) is 0 Å². The summed E-state index contributed by atoms with van der Waals surface area (Å²) in [6.07, 6.45) is -5.03. The first-order valence-corrected chi connectivity index (χ1v) is 4.83. The Morgan fingerprint density at radius 3 is 2.56 bits per heavy atom. The number of fused-ring (bicyclic) bond motifs is 1. The van der Waals surface area contributed by atoms with Crippen molar-refractivity contribution in [1.82, 2.24) is 5.06 Å².